The van der Waals surface area contributed by atoms with Crippen LogP contribution in [0.1, 0.15) is 31.4 Å². The van der Waals surface area contributed by atoms with E-state index in [1.807, 2.05) is 38.1 Å². The van der Waals surface area contributed by atoms with E-state index in [0.29, 0.717) is 23.1 Å². The van der Waals surface area contributed by atoms with Gasteiger partial charge in [0.15, 0.2) is 11.5 Å². The lowest BCUT2D eigenvalue weighted by Gasteiger charge is -2.10. The number of nitrogens with one attached hydrogen (secondary N) is 1. The number of aromatic nitrogens is 3. The van der Waals surface area contributed by atoms with Crippen LogP contribution in [0.25, 0.3) is 11.1 Å². The van der Waals surface area contributed by atoms with Gasteiger partial charge in [-0.25, -0.2) is 15.0 Å². The Hall–Kier alpha value is -2.94. The molecule has 0 saturated carbocycles. The minimum absolute atomic E-state index is 0.208. The second-order valence-electron chi connectivity index (χ2n) is 5.19. The standard InChI is InChI=1S/C16H15N5O/c1-10(2)19-16-18-8-7-12(21-16)11(9-17)15-20-13-5-3-4-6-14(13)22-15/h3-8,10-11H,1-2H3,(H,18,19,21). The van der Waals surface area contributed by atoms with Crippen LogP contribution >= 0.6 is 0 Å². The topological polar surface area (TPSA) is 87.6 Å². The number of hydrogen-bond acceptors (Lipinski definition) is 6. The zero-order chi connectivity index (χ0) is 15.5. The lowest BCUT2D eigenvalue weighted by Crippen LogP contribution is -2.14. The normalized spacial score (nSPS) is 12.3. The fourth-order valence-electron chi connectivity index (χ4n) is 2.12. The van der Waals surface area contributed by atoms with Gasteiger partial charge in [-0.2, -0.15) is 5.26 Å². The largest absolute Gasteiger partial charge is 0.439 e. The van der Waals surface area contributed by atoms with E-state index in [1.165, 1.54) is 0 Å². The predicted octanol–water partition coefficient (Wildman–Crippen LogP) is 3.09. The number of oxazole rings is 1. The minimum Gasteiger partial charge on any atom is -0.439 e. The molecule has 6 heteroatoms. The average molecular weight is 293 g/mol. The molecule has 0 radical (unpaired) electrons. The number of fused-ring (bicyclic) bond motifs is 1. The fourth-order valence-corrected chi connectivity index (χ4v) is 2.12. The van der Waals surface area contributed by atoms with Gasteiger partial charge in [0.1, 0.15) is 5.52 Å². The van der Waals surface area contributed by atoms with Crippen LogP contribution in [-0.2, 0) is 0 Å². The van der Waals surface area contributed by atoms with E-state index in [9.17, 15) is 5.26 Å². The van der Waals surface area contributed by atoms with Crippen molar-refractivity contribution in [3.05, 3.63) is 48.1 Å². The number of benzene rings is 1. The molecule has 1 atom stereocenters. The number of para-hydroxylation sites is 2. The van der Waals surface area contributed by atoms with Gasteiger partial charge in [-0.05, 0) is 32.0 Å². The highest BCUT2D eigenvalue weighted by Gasteiger charge is 2.22. The lowest BCUT2D eigenvalue weighted by molar-refractivity contribution is 0.525. The van der Waals surface area contributed by atoms with Crippen LogP contribution < -0.4 is 5.32 Å². The Labute approximate surface area is 127 Å². The summed E-state index contributed by atoms with van der Waals surface area (Å²) >= 11 is 0. The highest BCUT2D eigenvalue weighted by atomic mass is 16.3. The minimum atomic E-state index is -0.664. The van der Waals surface area contributed by atoms with Crippen LogP contribution in [0.2, 0.25) is 0 Å². The van der Waals surface area contributed by atoms with Crippen LogP contribution in [0.15, 0.2) is 40.9 Å². The van der Waals surface area contributed by atoms with Crippen molar-refractivity contribution in [2.45, 2.75) is 25.8 Å². The number of nitriles is 1. The molecule has 0 amide bonds. The maximum absolute atomic E-state index is 9.50. The lowest BCUT2D eigenvalue weighted by atomic mass is 10.1. The van der Waals surface area contributed by atoms with Crippen LogP contribution in [0.5, 0.6) is 0 Å². The summed E-state index contributed by atoms with van der Waals surface area (Å²) in [5.41, 5.74) is 1.95. The van der Waals surface area contributed by atoms with Gasteiger partial charge in [-0.3, -0.25) is 0 Å². The summed E-state index contributed by atoms with van der Waals surface area (Å²) in [6.45, 7) is 4.00. The number of rotatable bonds is 4. The highest BCUT2D eigenvalue weighted by Crippen LogP contribution is 2.25. The zero-order valence-corrected chi connectivity index (χ0v) is 12.3. The van der Waals surface area contributed by atoms with Gasteiger partial charge >= 0.3 is 0 Å². The van der Waals surface area contributed by atoms with Crippen molar-refractivity contribution in [1.29, 1.82) is 5.26 Å². The summed E-state index contributed by atoms with van der Waals surface area (Å²) in [5.74, 6) is 0.171. The monoisotopic (exact) mass is 293 g/mol. The van der Waals surface area contributed by atoms with Gasteiger partial charge in [0.05, 0.1) is 11.8 Å². The predicted molar refractivity (Wildman–Crippen MR) is 82.3 cm³/mol. The molecule has 0 fully saturated rings. The van der Waals surface area contributed by atoms with Crippen LogP contribution in [-0.4, -0.2) is 21.0 Å². The van der Waals surface area contributed by atoms with Gasteiger partial charge in [0, 0.05) is 12.2 Å². The number of hydrogen-bond donors (Lipinski definition) is 1. The molecule has 2 heterocycles. The van der Waals surface area contributed by atoms with Gasteiger partial charge in [0.2, 0.25) is 11.8 Å². The zero-order valence-electron chi connectivity index (χ0n) is 12.3. The first-order chi connectivity index (χ1) is 10.7. The molecule has 0 aliphatic rings. The smallest absolute Gasteiger partial charge is 0.223 e. The molecule has 1 aromatic carbocycles. The van der Waals surface area contributed by atoms with Crippen molar-refractivity contribution in [3.8, 4) is 6.07 Å². The van der Waals surface area contributed by atoms with Gasteiger partial charge < -0.3 is 9.73 Å². The molecule has 0 aliphatic carbocycles. The Morgan fingerprint density at radius 1 is 1.18 bits per heavy atom. The Bertz CT molecular complexity index is 801. The third-order valence-corrected chi connectivity index (χ3v) is 3.08. The van der Waals surface area contributed by atoms with Crippen molar-refractivity contribution in [2.24, 2.45) is 0 Å². The third-order valence-electron chi connectivity index (χ3n) is 3.08. The summed E-state index contributed by atoms with van der Waals surface area (Å²) in [6, 6.07) is 11.5. The van der Waals surface area contributed by atoms with E-state index in [-0.39, 0.29) is 6.04 Å². The second kappa shape index (κ2) is 5.82. The number of nitrogens with zero attached hydrogens (tertiary/aromatic N) is 4. The van der Waals surface area contributed by atoms with Crippen LogP contribution in [0.4, 0.5) is 5.95 Å². The van der Waals surface area contributed by atoms with E-state index >= 15 is 0 Å². The van der Waals surface area contributed by atoms with Gasteiger partial charge in [-0.15, -0.1) is 0 Å². The quantitative estimate of drug-likeness (QED) is 0.795. The van der Waals surface area contributed by atoms with Crippen molar-refractivity contribution in [1.82, 2.24) is 15.0 Å². The Morgan fingerprint density at radius 3 is 2.73 bits per heavy atom. The van der Waals surface area contributed by atoms with Crippen LogP contribution in [0, 0.1) is 11.3 Å². The Kier molecular flexibility index (Phi) is 3.71. The molecule has 3 aromatic rings. The van der Waals surface area contributed by atoms with E-state index in [2.05, 4.69) is 26.3 Å². The SMILES string of the molecule is CC(C)Nc1nccc(C(C#N)c2nc3ccccc3o2)n1. The maximum Gasteiger partial charge on any atom is 0.223 e. The molecule has 6 nitrogen and oxygen atoms in total. The second-order valence-corrected chi connectivity index (χ2v) is 5.19. The summed E-state index contributed by atoms with van der Waals surface area (Å²) < 4.78 is 5.68. The summed E-state index contributed by atoms with van der Waals surface area (Å²) in [4.78, 5) is 12.9. The molecule has 1 N–H and O–H groups in total. The Morgan fingerprint density at radius 2 is 2.00 bits per heavy atom. The molecular weight excluding hydrogens is 278 g/mol. The third kappa shape index (κ3) is 2.74. The van der Waals surface area contributed by atoms with Crippen molar-refractivity contribution >= 4 is 17.0 Å². The molecule has 2 aromatic heterocycles. The highest BCUT2D eigenvalue weighted by molar-refractivity contribution is 5.72. The van der Waals surface area contributed by atoms with Gasteiger partial charge in [-0.1, -0.05) is 12.1 Å². The summed E-state index contributed by atoms with van der Waals surface area (Å²) in [5, 5.41) is 12.6. The van der Waals surface area contributed by atoms with E-state index in [0.717, 1.165) is 5.52 Å². The van der Waals surface area contributed by atoms with E-state index < -0.39 is 5.92 Å². The summed E-state index contributed by atoms with van der Waals surface area (Å²) in [7, 11) is 0. The van der Waals surface area contributed by atoms with Crippen molar-refractivity contribution < 1.29 is 4.42 Å². The summed E-state index contributed by atoms with van der Waals surface area (Å²) in [6.07, 6.45) is 1.63. The molecule has 22 heavy (non-hydrogen) atoms. The molecule has 0 aliphatic heterocycles. The van der Waals surface area contributed by atoms with Crippen LogP contribution in [0.3, 0.4) is 0 Å². The fraction of sp³-hybridized carbons (Fsp3) is 0.250. The number of anilines is 1. The first kappa shape index (κ1) is 14.0. The Balaban J connectivity index is 1.99. The molecule has 1 unspecified atom stereocenters. The first-order valence-electron chi connectivity index (χ1n) is 7.02. The first-order valence-corrected chi connectivity index (χ1v) is 7.02. The molecule has 0 spiro atoms. The average Bonchev–Trinajstić information content (AvgIpc) is 2.91. The molecule has 0 bridgehead atoms. The molecule has 3 rings (SSSR count). The van der Waals surface area contributed by atoms with Crippen molar-refractivity contribution in [2.75, 3.05) is 5.32 Å². The van der Waals surface area contributed by atoms with E-state index in [4.69, 9.17) is 4.42 Å². The van der Waals surface area contributed by atoms with Crippen molar-refractivity contribution in [3.63, 3.8) is 0 Å². The van der Waals surface area contributed by atoms with E-state index in [1.54, 1.807) is 12.3 Å². The maximum atomic E-state index is 9.50. The molecule has 110 valence electrons. The molecular formula is C16H15N5O. The van der Waals surface area contributed by atoms with Gasteiger partial charge in [0.25, 0.3) is 0 Å². The molecule has 0 saturated heterocycles.